The van der Waals surface area contributed by atoms with Crippen molar-refractivity contribution < 1.29 is 19.1 Å². The van der Waals surface area contributed by atoms with Gasteiger partial charge in [-0.25, -0.2) is 0 Å². The molecule has 1 aromatic carbocycles. The summed E-state index contributed by atoms with van der Waals surface area (Å²) in [6.07, 6.45) is 5.98. The van der Waals surface area contributed by atoms with Gasteiger partial charge in [0.15, 0.2) is 0 Å². The maximum absolute atomic E-state index is 13.6. The van der Waals surface area contributed by atoms with E-state index in [0.29, 0.717) is 55.4 Å². The number of nitrogens with zero attached hydrogens (tertiary/aromatic N) is 5. The number of amides is 3. The molecule has 1 atom stereocenters. The predicted octanol–water partition coefficient (Wildman–Crippen LogP) is 4.35. The van der Waals surface area contributed by atoms with E-state index in [4.69, 9.17) is 16.3 Å². The molecule has 2 heterocycles. The van der Waals surface area contributed by atoms with Crippen molar-refractivity contribution in [2.75, 3.05) is 40.3 Å². The highest BCUT2D eigenvalue weighted by Crippen LogP contribution is 2.26. The predicted molar refractivity (Wildman–Crippen MR) is 157 cm³/mol. The highest BCUT2D eigenvalue weighted by Gasteiger charge is 2.33. The van der Waals surface area contributed by atoms with E-state index < -0.39 is 6.04 Å². The molecule has 0 fully saturated rings. The molecule has 0 spiro atoms. The van der Waals surface area contributed by atoms with Gasteiger partial charge in [0, 0.05) is 57.9 Å². The average Bonchev–Trinajstić information content (AvgIpc) is 3.24. The summed E-state index contributed by atoms with van der Waals surface area (Å²) >= 11 is 6.25. The number of fused-ring (bicyclic) bond motifs is 1. The van der Waals surface area contributed by atoms with E-state index in [1.165, 1.54) is 4.90 Å². The molecule has 0 bridgehead atoms. The molecule has 0 saturated heterocycles. The third-order valence-electron chi connectivity index (χ3n) is 7.72. The van der Waals surface area contributed by atoms with Crippen molar-refractivity contribution >= 4 is 29.3 Å². The van der Waals surface area contributed by atoms with Gasteiger partial charge in [-0.1, -0.05) is 25.4 Å². The van der Waals surface area contributed by atoms with E-state index in [-0.39, 0.29) is 23.6 Å². The van der Waals surface area contributed by atoms with Crippen molar-refractivity contribution in [2.24, 2.45) is 13.0 Å². The van der Waals surface area contributed by atoms with Gasteiger partial charge in [0.25, 0.3) is 5.91 Å². The molecule has 2 aromatic rings. The van der Waals surface area contributed by atoms with Crippen LogP contribution in [-0.2, 0) is 23.1 Å². The Morgan fingerprint density at radius 3 is 2.40 bits per heavy atom. The van der Waals surface area contributed by atoms with Gasteiger partial charge in [-0.15, -0.1) is 0 Å². The smallest absolute Gasteiger partial charge is 0.258 e. The molecule has 1 aromatic heterocycles. The van der Waals surface area contributed by atoms with Crippen molar-refractivity contribution in [1.82, 2.24) is 24.5 Å². The average molecular weight is 574 g/mol. The number of aryl methyl sites for hydroxylation is 2. The fourth-order valence-electron chi connectivity index (χ4n) is 5.13. The van der Waals surface area contributed by atoms with Crippen LogP contribution in [0.25, 0.3) is 0 Å². The Morgan fingerprint density at radius 2 is 1.75 bits per heavy atom. The normalized spacial score (nSPS) is 18.5. The van der Waals surface area contributed by atoms with E-state index in [9.17, 15) is 14.4 Å². The summed E-state index contributed by atoms with van der Waals surface area (Å²) in [5, 5.41) is 4.71. The summed E-state index contributed by atoms with van der Waals surface area (Å²) in [7, 11) is 5.34. The van der Waals surface area contributed by atoms with Gasteiger partial charge >= 0.3 is 0 Å². The highest BCUT2D eigenvalue weighted by molar-refractivity contribution is 6.31. The first kappa shape index (κ1) is 31.5. The van der Waals surface area contributed by atoms with Crippen LogP contribution in [0.3, 0.4) is 0 Å². The maximum atomic E-state index is 13.6. The lowest BCUT2D eigenvalue weighted by Crippen LogP contribution is -2.51. The zero-order valence-electron chi connectivity index (χ0n) is 24.8. The van der Waals surface area contributed by atoms with E-state index in [2.05, 4.69) is 5.10 Å². The number of carbonyl (C=O) groups excluding carboxylic acids is 3. The Kier molecular flexibility index (Phi) is 11.4. The van der Waals surface area contributed by atoms with Gasteiger partial charge in [0.05, 0.1) is 18.4 Å². The fourth-order valence-corrected chi connectivity index (χ4v) is 5.31. The van der Waals surface area contributed by atoms with Crippen molar-refractivity contribution in [3.63, 3.8) is 0 Å². The third kappa shape index (κ3) is 7.99. The molecule has 10 heteroatoms. The summed E-state index contributed by atoms with van der Waals surface area (Å²) < 4.78 is 7.86. The summed E-state index contributed by atoms with van der Waals surface area (Å²) in [5.74, 6) is 0.0562. The highest BCUT2D eigenvalue weighted by atomic mass is 35.5. The van der Waals surface area contributed by atoms with E-state index in [0.717, 1.165) is 36.9 Å². The maximum Gasteiger partial charge on any atom is 0.258 e. The minimum Gasteiger partial charge on any atom is -0.493 e. The number of hydrogen-bond donors (Lipinski definition) is 0. The first-order chi connectivity index (χ1) is 19.0. The standard InChI is InChI=1S/C30H44ClN5O4/c1-21(2)28-30(39)33(4)15-7-8-16-36(27(37)14-11-23-20-32-35(6)22(23)3)17-9-10-18-40-26-13-12-24(31)19-25(26)29(38)34(28)5/h12-13,19-21,28H,7-11,14-18H2,1-6H3/t28-/m0/s1. The van der Waals surface area contributed by atoms with Gasteiger partial charge in [0.1, 0.15) is 11.8 Å². The van der Waals surface area contributed by atoms with Crippen LogP contribution in [0, 0.1) is 12.8 Å². The van der Waals surface area contributed by atoms with Crippen LogP contribution in [-0.4, -0.2) is 88.6 Å². The molecule has 0 aliphatic carbocycles. The molecule has 3 rings (SSSR count). The summed E-state index contributed by atoms with van der Waals surface area (Å²) in [4.78, 5) is 45.4. The topological polar surface area (TPSA) is 88.0 Å². The lowest BCUT2D eigenvalue weighted by atomic mass is 10.00. The van der Waals surface area contributed by atoms with Crippen LogP contribution in [0.5, 0.6) is 5.75 Å². The molecule has 9 nitrogen and oxygen atoms in total. The molecular weight excluding hydrogens is 530 g/mol. The monoisotopic (exact) mass is 573 g/mol. The number of halogens is 1. The van der Waals surface area contributed by atoms with Crippen LogP contribution < -0.4 is 4.74 Å². The molecule has 3 amide bonds. The molecule has 0 saturated carbocycles. The van der Waals surface area contributed by atoms with Crippen LogP contribution in [0.1, 0.15) is 67.6 Å². The number of ether oxygens (including phenoxy) is 1. The Bertz CT molecular complexity index is 1180. The number of likely N-dealkylation sites (N-methyl/N-ethyl adjacent to an activating group) is 2. The first-order valence-corrected chi connectivity index (χ1v) is 14.6. The van der Waals surface area contributed by atoms with Crippen LogP contribution in [0.4, 0.5) is 0 Å². The Hall–Kier alpha value is -3.07. The lowest BCUT2D eigenvalue weighted by Gasteiger charge is -2.33. The third-order valence-corrected chi connectivity index (χ3v) is 7.95. The number of carbonyl (C=O) groups is 3. The Morgan fingerprint density at radius 1 is 1.07 bits per heavy atom. The number of rotatable bonds is 4. The molecule has 0 unspecified atom stereocenters. The molecular formula is C30H44ClN5O4. The fraction of sp³-hybridized carbons (Fsp3) is 0.600. The van der Waals surface area contributed by atoms with Crippen molar-refractivity contribution in [1.29, 1.82) is 0 Å². The summed E-state index contributed by atoms with van der Waals surface area (Å²) in [6.45, 7) is 8.11. The SMILES string of the molecule is Cc1c(CCC(=O)N2CCCCOc3ccc(Cl)cc3C(=O)N(C)[C@@H](C(C)C)C(=O)N(C)CCCC2)cnn1C. The van der Waals surface area contributed by atoms with Crippen molar-refractivity contribution in [3.8, 4) is 5.75 Å². The van der Waals surface area contributed by atoms with Gasteiger partial charge in [-0.2, -0.15) is 5.10 Å². The lowest BCUT2D eigenvalue weighted by molar-refractivity contribution is -0.136. The van der Waals surface area contributed by atoms with Crippen LogP contribution >= 0.6 is 11.6 Å². The van der Waals surface area contributed by atoms with E-state index in [1.54, 1.807) is 37.2 Å². The molecule has 0 radical (unpaired) electrons. The minimum absolute atomic E-state index is 0.0916. The van der Waals surface area contributed by atoms with Crippen molar-refractivity contribution in [2.45, 2.75) is 65.3 Å². The van der Waals surface area contributed by atoms with Crippen molar-refractivity contribution in [3.05, 3.63) is 46.2 Å². The molecule has 0 N–H and O–H groups in total. The number of aromatic nitrogens is 2. The zero-order chi connectivity index (χ0) is 29.4. The molecule has 1 aliphatic rings. The van der Waals surface area contributed by atoms with Crippen LogP contribution in [0.15, 0.2) is 24.4 Å². The quantitative estimate of drug-likeness (QED) is 0.542. The number of benzene rings is 1. The van der Waals surface area contributed by atoms with Gasteiger partial charge in [-0.05, 0) is 68.7 Å². The second-order valence-corrected chi connectivity index (χ2v) is 11.5. The van der Waals surface area contributed by atoms with Gasteiger partial charge < -0.3 is 19.4 Å². The Labute approximate surface area is 243 Å². The van der Waals surface area contributed by atoms with Gasteiger partial charge in [0.2, 0.25) is 11.8 Å². The second kappa shape index (κ2) is 14.5. The minimum atomic E-state index is -0.631. The first-order valence-electron chi connectivity index (χ1n) is 14.2. The molecule has 40 heavy (non-hydrogen) atoms. The van der Waals surface area contributed by atoms with Crippen LogP contribution in [0.2, 0.25) is 5.02 Å². The Balaban J connectivity index is 1.77. The largest absolute Gasteiger partial charge is 0.493 e. The van der Waals surface area contributed by atoms with Gasteiger partial charge in [-0.3, -0.25) is 19.1 Å². The molecule has 1 aliphatic heterocycles. The number of hydrogen-bond acceptors (Lipinski definition) is 5. The summed E-state index contributed by atoms with van der Waals surface area (Å²) in [6, 6.07) is 4.36. The second-order valence-electron chi connectivity index (χ2n) is 11.0. The molecule has 220 valence electrons. The van der Waals surface area contributed by atoms with E-state index in [1.807, 2.05) is 43.6 Å². The zero-order valence-corrected chi connectivity index (χ0v) is 25.5. The summed E-state index contributed by atoms with van der Waals surface area (Å²) in [5.41, 5.74) is 2.50. The van der Waals surface area contributed by atoms with E-state index >= 15 is 0 Å².